The topological polar surface area (TPSA) is 55.8 Å². The Morgan fingerprint density at radius 1 is 1.32 bits per heavy atom. The minimum Gasteiger partial charge on any atom is -0.392 e. The lowest BCUT2D eigenvalue weighted by atomic mass is 10.0. The highest BCUT2D eigenvalue weighted by molar-refractivity contribution is 5.83. The maximum absolute atomic E-state index is 13.3. The molecule has 1 aromatic rings. The van der Waals surface area contributed by atoms with Crippen LogP contribution in [0.1, 0.15) is 38.3 Å². The van der Waals surface area contributed by atoms with Crippen molar-refractivity contribution in [3.05, 3.63) is 35.6 Å². The highest BCUT2D eigenvalue weighted by atomic mass is 19.1. The van der Waals surface area contributed by atoms with Crippen molar-refractivity contribution in [1.29, 1.82) is 0 Å². The summed E-state index contributed by atoms with van der Waals surface area (Å²) in [4.78, 5) is 17.3. The zero-order valence-corrected chi connectivity index (χ0v) is 15.0. The van der Waals surface area contributed by atoms with E-state index in [4.69, 9.17) is 0 Å². The molecule has 0 bridgehead atoms. The zero-order valence-electron chi connectivity index (χ0n) is 15.0. The molecule has 0 aromatic heterocycles. The van der Waals surface area contributed by atoms with Crippen LogP contribution in [-0.2, 0) is 4.79 Å². The number of amides is 1. The van der Waals surface area contributed by atoms with E-state index >= 15 is 0 Å². The summed E-state index contributed by atoms with van der Waals surface area (Å²) in [5.41, 5.74) is 0.829. The first-order valence-electron chi connectivity index (χ1n) is 9.16. The number of hydrogen-bond acceptors (Lipinski definition) is 4. The van der Waals surface area contributed by atoms with Gasteiger partial charge in [0.2, 0.25) is 5.91 Å². The van der Waals surface area contributed by atoms with E-state index in [1.807, 2.05) is 0 Å². The number of aliphatic hydroxyl groups excluding tert-OH is 1. The van der Waals surface area contributed by atoms with Gasteiger partial charge in [0.1, 0.15) is 11.9 Å². The maximum Gasteiger partial charge on any atom is 0.242 e. The lowest BCUT2D eigenvalue weighted by Gasteiger charge is -2.43. The van der Waals surface area contributed by atoms with Gasteiger partial charge in [-0.15, -0.1) is 0 Å². The third-order valence-corrected chi connectivity index (χ3v) is 5.02. The van der Waals surface area contributed by atoms with Gasteiger partial charge in [0, 0.05) is 38.3 Å². The van der Waals surface area contributed by atoms with Crippen LogP contribution >= 0.6 is 0 Å². The molecule has 1 aliphatic heterocycles. The quantitative estimate of drug-likeness (QED) is 0.818. The molecule has 1 saturated carbocycles. The Bertz CT molecular complexity index is 589. The molecule has 2 fully saturated rings. The van der Waals surface area contributed by atoms with E-state index in [1.165, 1.54) is 12.1 Å². The summed E-state index contributed by atoms with van der Waals surface area (Å²) in [6, 6.07) is 6.40. The van der Waals surface area contributed by atoms with Crippen LogP contribution in [0.15, 0.2) is 24.3 Å². The molecule has 1 aliphatic carbocycles. The minimum absolute atomic E-state index is 0.00489. The highest BCUT2D eigenvalue weighted by Crippen LogP contribution is 2.27. The summed E-state index contributed by atoms with van der Waals surface area (Å²) in [6.45, 7) is 6.85. The van der Waals surface area contributed by atoms with E-state index in [9.17, 15) is 14.3 Å². The molecular weight excluding hydrogens is 321 g/mol. The first-order valence-corrected chi connectivity index (χ1v) is 9.16. The smallest absolute Gasteiger partial charge is 0.242 e. The molecule has 138 valence electrons. The lowest BCUT2D eigenvalue weighted by Crippen LogP contribution is -2.56. The van der Waals surface area contributed by atoms with Gasteiger partial charge in [-0.1, -0.05) is 12.1 Å². The van der Waals surface area contributed by atoms with Crippen molar-refractivity contribution in [2.24, 2.45) is 0 Å². The second-order valence-corrected chi connectivity index (χ2v) is 7.42. The number of aliphatic hydroxyl groups is 1. The number of rotatable bonds is 6. The summed E-state index contributed by atoms with van der Waals surface area (Å²) in [5.74, 6) is -0.287. The summed E-state index contributed by atoms with van der Waals surface area (Å²) in [6.07, 6.45) is 1.72. The van der Waals surface area contributed by atoms with E-state index in [-0.39, 0.29) is 23.9 Å². The zero-order chi connectivity index (χ0) is 18.0. The average molecular weight is 349 g/mol. The van der Waals surface area contributed by atoms with Gasteiger partial charge >= 0.3 is 0 Å². The molecule has 1 amide bonds. The molecule has 1 saturated heterocycles. The number of β-amino-alcohol motifs (C(OH)–C–C–N with tert-alkyl or cyclic N) is 1. The van der Waals surface area contributed by atoms with E-state index in [0.717, 1.165) is 38.0 Å². The van der Waals surface area contributed by atoms with Gasteiger partial charge < -0.3 is 10.4 Å². The molecule has 6 heteroatoms. The number of carbonyl (C=O) groups excluding carboxylic acids is 1. The van der Waals surface area contributed by atoms with Gasteiger partial charge in [-0.25, -0.2) is 4.39 Å². The number of carbonyl (C=O) groups is 1. The van der Waals surface area contributed by atoms with Crippen molar-refractivity contribution in [2.75, 3.05) is 26.2 Å². The molecule has 1 heterocycles. The Labute approximate surface area is 148 Å². The van der Waals surface area contributed by atoms with Crippen molar-refractivity contribution < 1.29 is 14.3 Å². The Morgan fingerprint density at radius 2 is 2.00 bits per heavy atom. The number of halogens is 1. The molecule has 2 aliphatic rings. The van der Waals surface area contributed by atoms with Gasteiger partial charge in [0.25, 0.3) is 0 Å². The normalized spacial score (nSPS) is 24.7. The highest BCUT2D eigenvalue weighted by Gasteiger charge is 2.35. The largest absolute Gasteiger partial charge is 0.392 e. The molecule has 2 N–H and O–H groups in total. The minimum atomic E-state index is -0.391. The molecule has 0 radical (unpaired) electrons. The predicted molar refractivity (Wildman–Crippen MR) is 94.6 cm³/mol. The van der Waals surface area contributed by atoms with Crippen LogP contribution in [0.2, 0.25) is 0 Å². The van der Waals surface area contributed by atoms with Crippen molar-refractivity contribution in [2.45, 2.75) is 50.9 Å². The SMILES string of the molecule is C[C@H](O)CN1CCN([C@H](C(=O)NC2CC2)c2ccc(F)cc2)C[C@H]1C. The Balaban J connectivity index is 1.74. The third kappa shape index (κ3) is 4.77. The van der Waals surface area contributed by atoms with Gasteiger partial charge in [0.05, 0.1) is 6.10 Å². The molecule has 5 nitrogen and oxygen atoms in total. The van der Waals surface area contributed by atoms with Crippen molar-refractivity contribution >= 4 is 5.91 Å². The molecule has 0 spiro atoms. The predicted octanol–water partition coefficient (Wildman–Crippen LogP) is 1.53. The Hall–Kier alpha value is -1.50. The summed E-state index contributed by atoms with van der Waals surface area (Å²) in [7, 11) is 0. The second kappa shape index (κ2) is 7.81. The molecule has 3 atom stereocenters. The Kier molecular flexibility index (Phi) is 5.71. The fourth-order valence-corrected chi connectivity index (χ4v) is 3.55. The number of hydrogen-bond donors (Lipinski definition) is 2. The number of nitrogens with zero attached hydrogens (tertiary/aromatic N) is 2. The van der Waals surface area contributed by atoms with Crippen LogP contribution in [0.4, 0.5) is 4.39 Å². The average Bonchev–Trinajstić information content (AvgIpc) is 3.35. The van der Waals surface area contributed by atoms with Crippen molar-refractivity contribution in [3.8, 4) is 0 Å². The monoisotopic (exact) mass is 349 g/mol. The fraction of sp³-hybridized carbons (Fsp3) is 0.632. The third-order valence-electron chi connectivity index (χ3n) is 5.02. The standard InChI is InChI=1S/C19H28FN3O2/c1-13-11-23(10-9-22(13)12-14(2)24)18(19(25)21-17-7-8-17)15-3-5-16(20)6-4-15/h3-6,13-14,17-18,24H,7-12H2,1-2H3,(H,21,25)/t13-,14+,18+/m1/s1. The van der Waals surface area contributed by atoms with Gasteiger partial charge in [-0.2, -0.15) is 0 Å². The summed E-state index contributed by atoms with van der Waals surface area (Å²) in [5, 5.41) is 12.7. The first-order chi connectivity index (χ1) is 11.9. The molecule has 0 unspecified atom stereocenters. The van der Waals surface area contributed by atoms with Crippen LogP contribution in [0.3, 0.4) is 0 Å². The molecule has 25 heavy (non-hydrogen) atoms. The first kappa shape index (κ1) is 18.3. The van der Waals surface area contributed by atoms with E-state index in [1.54, 1.807) is 19.1 Å². The fourth-order valence-electron chi connectivity index (χ4n) is 3.55. The Morgan fingerprint density at radius 3 is 2.56 bits per heavy atom. The van der Waals surface area contributed by atoms with E-state index in [2.05, 4.69) is 22.0 Å². The van der Waals surface area contributed by atoms with E-state index < -0.39 is 6.04 Å². The van der Waals surface area contributed by atoms with Crippen LogP contribution in [0, 0.1) is 5.82 Å². The van der Waals surface area contributed by atoms with Crippen molar-refractivity contribution in [1.82, 2.24) is 15.1 Å². The van der Waals surface area contributed by atoms with Gasteiger partial charge in [-0.3, -0.25) is 14.6 Å². The van der Waals surface area contributed by atoms with Gasteiger partial charge in [0.15, 0.2) is 0 Å². The maximum atomic E-state index is 13.3. The molecular formula is C19H28FN3O2. The van der Waals surface area contributed by atoms with Crippen molar-refractivity contribution in [3.63, 3.8) is 0 Å². The number of benzene rings is 1. The van der Waals surface area contributed by atoms with Crippen LogP contribution < -0.4 is 5.32 Å². The van der Waals surface area contributed by atoms with Gasteiger partial charge in [-0.05, 0) is 44.4 Å². The second-order valence-electron chi connectivity index (χ2n) is 7.42. The molecule has 1 aromatic carbocycles. The van der Waals surface area contributed by atoms with Crippen LogP contribution in [0.5, 0.6) is 0 Å². The van der Waals surface area contributed by atoms with Crippen LogP contribution in [0.25, 0.3) is 0 Å². The number of piperazine rings is 1. The lowest BCUT2D eigenvalue weighted by molar-refractivity contribution is -0.128. The molecule has 3 rings (SSSR count). The number of nitrogens with one attached hydrogen (secondary N) is 1. The van der Waals surface area contributed by atoms with Crippen LogP contribution in [-0.4, -0.2) is 65.2 Å². The summed E-state index contributed by atoms with van der Waals surface area (Å²) < 4.78 is 13.3. The van der Waals surface area contributed by atoms with E-state index in [0.29, 0.717) is 12.6 Å². The summed E-state index contributed by atoms with van der Waals surface area (Å²) >= 11 is 0.